The maximum atomic E-state index is 12.7. The van der Waals surface area contributed by atoms with Gasteiger partial charge in [0.2, 0.25) is 0 Å². The lowest BCUT2D eigenvalue weighted by molar-refractivity contribution is -0.135. The van der Waals surface area contributed by atoms with E-state index in [4.69, 9.17) is 4.74 Å². The summed E-state index contributed by atoms with van der Waals surface area (Å²) < 4.78 is 17.4. The van der Waals surface area contributed by atoms with Crippen LogP contribution in [0.2, 0.25) is 0 Å². The van der Waals surface area contributed by atoms with Crippen molar-refractivity contribution in [2.45, 2.75) is 13.3 Å². The lowest BCUT2D eigenvalue weighted by Gasteiger charge is -2.04. The van der Waals surface area contributed by atoms with E-state index in [1.807, 2.05) is 0 Å². The molecular formula is C13H14FNO3. The SMILES string of the molecule is CCOC(=O)C(=NC)C(=O)Cc1ccc(F)cc1. The fourth-order valence-electron chi connectivity index (χ4n) is 1.40. The van der Waals surface area contributed by atoms with E-state index in [1.54, 1.807) is 6.92 Å². The number of Topliss-reactive ketones (excluding diaryl/α,β-unsaturated/α-hetero) is 1. The van der Waals surface area contributed by atoms with Crippen LogP contribution in [0.25, 0.3) is 0 Å². The number of hydrogen-bond acceptors (Lipinski definition) is 4. The molecule has 18 heavy (non-hydrogen) atoms. The standard InChI is InChI=1S/C13H14FNO3/c1-3-18-13(17)12(15-2)11(16)8-9-4-6-10(14)7-5-9/h4-7H,3,8H2,1-2H3. The van der Waals surface area contributed by atoms with Crippen molar-refractivity contribution >= 4 is 17.5 Å². The highest BCUT2D eigenvalue weighted by Gasteiger charge is 2.20. The second-order valence-electron chi connectivity index (χ2n) is 3.52. The third-order valence-electron chi connectivity index (χ3n) is 2.23. The van der Waals surface area contributed by atoms with Crippen molar-refractivity contribution in [3.63, 3.8) is 0 Å². The van der Waals surface area contributed by atoms with Crippen molar-refractivity contribution in [2.24, 2.45) is 4.99 Å². The summed E-state index contributed by atoms with van der Waals surface area (Å²) in [6.45, 7) is 1.83. The molecule has 0 saturated carbocycles. The van der Waals surface area contributed by atoms with Crippen LogP contribution in [-0.2, 0) is 20.7 Å². The highest BCUT2D eigenvalue weighted by molar-refractivity contribution is 6.64. The minimum Gasteiger partial charge on any atom is -0.461 e. The Bertz CT molecular complexity index is 466. The monoisotopic (exact) mass is 251 g/mol. The first kappa shape index (κ1) is 14.0. The largest absolute Gasteiger partial charge is 0.461 e. The summed E-state index contributed by atoms with van der Waals surface area (Å²) in [6.07, 6.45) is -0.00817. The predicted molar refractivity (Wildman–Crippen MR) is 65.1 cm³/mol. The van der Waals surface area contributed by atoms with Gasteiger partial charge in [-0.1, -0.05) is 12.1 Å². The van der Waals surface area contributed by atoms with E-state index in [-0.39, 0.29) is 24.6 Å². The zero-order valence-electron chi connectivity index (χ0n) is 10.3. The van der Waals surface area contributed by atoms with Gasteiger partial charge in [0.1, 0.15) is 5.82 Å². The van der Waals surface area contributed by atoms with Gasteiger partial charge in [0.15, 0.2) is 11.5 Å². The molecule has 0 aliphatic rings. The maximum Gasteiger partial charge on any atom is 0.360 e. The van der Waals surface area contributed by atoms with E-state index >= 15 is 0 Å². The van der Waals surface area contributed by atoms with E-state index in [0.29, 0.717) is 5.56 Å². The van der Waals surface area contributed by atoms with Crippen molar-refractivity contribution in [3.8, 4) is 0 Å². The fraction of sp³-hybridized carbons (Fsp3) is 0.308. The number of carbonyl (C=O) groups excluding carboxylic acids is 2. The molecule has 0 atom stereocenters. The molecule has 0 fully saturated rings. The molecule has 1 aromatic rings. The van der Waals surface area contributed by atoms with Gasteiger partial charge in [-0.2, -0.15) is 0 Å². The van der Waals surface area contributed by atoms with Crippen LogP contribution in [0.1, 0.15) is 12.5 Å². The Morgan fingerprint density at radius 2 is 1.89 bits per heavy atom. The second kappa shape index (κ2) is 6.64. The minimum absolute atomic E-state index is 0.00817. The summed E-state index contributed by atoms with van der Waals surface area (Å²) >= 11 is 0. The van der Waals surface area contributed by atoms with Gasteiger partial charge in [0.05, 0.1) is 6.61 Å². The van der Waals surface area contributed by atoms with Gasteiger partial charge in [-0.15, -0.1) is 0 Å². The molecule has 0 radical (unpaired) electrons. The molecule has 0 saturated heterocycles. The smallest absolute Gasteiger partial charge is 0.360 e. The molecule has 0 amide bonds. The molecular weight excluding hydrogens is 237 g/mol. The number of rotatable bonds is 5. The molecule has 4 nitrogen and oxygen atoms in total. The fourth-order valence-corrected chi connectivity index (χ4v) is 1.40. The first-order chi connectivity index (χ1) is 8.58. The molecule has 1 aromatic carbocycles. The predicted octanol–water partition coefficient (Wildman–Crippen LogP) is 1.57. The Labute approximate surface area is 104 Å². The third kappa shape index (κ3) is 3.76. The third-order valence-corrected chi connectivity index (χ3v) is 2.23. The average Bonchev–Trinajstić information content (AvgIpc) is 2.33. The van der Waals surface area contributed by atoms with E-state index in [9.17, 15) is 14.0 Å². The first-order valence-electron chi connectivity index (χ1n) is 5.50. The van der Waals surface area contributed by atoms with Crippen LogP contribution in [0.4, 0.5) is 4.39 Å². The number of esters is 1. The number of aliphatic imine (C=N–C) groups is 1. The van der Waals surface area contributed by atoms with Gasteiger partial charge < -0.3 is 4.74 Å². The molecule has 0 aliphatic carbocycles. The average molecular weight is 251 g/mol. The van der Waals surface area contributed by atoms with Crippen LogP contribution in [0.15, 0.2) is 29.3 Å². The maximum absolute atomic E-state index is 12.7. The van der Waals surface area contributed by atoms with Crippen molar-refractivity contribution in [3.05, 3.63) is 35.6 Å². The van der Waals surface area contributed by atoms with Crippen molar-refractivity contribution in [1.82, 2.24) is 0 Å². The highest BCUT2D eigenvalue weighted by Crippen LogP contribution is 2.05. The van der Waals surface area contributed by atoms with Crippen LogP contribution in [0.5, 0.6) is 0 Å². The van der Waals surface area contributed by atoms with Crippen LogP contribution in [0, 0.1) is 5.82 Å². The first-order valence-corrected chi connectivity index (χ1v) is 5.50. The van der Waals surface area contributed by atoms with Gasteiger partial charge in [0, 0.05) is 13.5 Å². The van der Waals surface area contributed by atoms with Crippen molar-refractivity contribution in [2.75, 3.05) is 13.7 Å². The summed E-state index contributed by atoms with van der Waals surface area (Å²) in [5, 5.41) is 0. The van der Waals surface area contributed by atoms with Crippen molar-refractivity contribution in [1.29, 1.82) is 0 Å². The topological polar surface area (TPSA) is 55.7 Å². The second-order valence-corrected chi connectivity index (χ2v) is 3.52. The Morgan fingerprint density at radius 3 is 2.39 bits per heavy atom. The number of halogens is 1. The number of carbonyl (C=O) groups is 2. The van der Waals surface area contributed by atoms with Gasteiger partial charge in [0.25, 0.3) is 0 Å². The molecule has 96 valence electrons. The van der Waals surface area contributed by atoms with Crippen LogP contribution in [-0.4, -0.2) is 31.1 Å². The Morgan fingerprint density at radius 1 is 1.28 bits per heavy atom. The van der Waals surface area contributed by atoms with Crippen LogP contribution in [0.3, 0.4) is 0 Å². The number of ketones is 1. The molecule has 0 aliphatic heterocycles. The van der Waals surface area contributed by atoms with Gasteiger partial charge in [-0.25, -0.2) is 9.18 Å². The van der Waals surface area contributed by atoms with Crippen LogP contribution < -0.4 is 0 Å². The molecule has 0 N–H and O–H groups in total. The molecule has 0 unspecified atom stereocenters. The zero-order valence-corrected chi connectivity index (χ0v) is 10.3. The molecule has 1 rings (SSSR count). The molecule has 0 bridgehead atoms. The Hall–Kier alpha value is -2.04. The van der Waals surface area contributed by atoms with Gasteiger partial charge in [-0.05, 0) is 24.6 Å². The van der Waals surface area contributed by atoms with E-state index < -0.39 is 11.8 Å². The number of nitrogens with zero attached hydrogens (tertiary/aromatic N) is 1. The quantitative estimate of drug-likeness (QED) is 0.453. The highest BCUT2D eigenvalue weighted by atomic mass is 19.1. The number of benzene rings is 1. The van der Waals surface area contributed by atoms with Crippen molar-refractivity contribution < 1.29 is 18.7 Å². The van der Waals surface area contributed by atoms with E-state index in [2.05, 4.69) is 4.99 Å². The molecule has 0 spiro atoms. The van der Waals surface area contributed by atoms with E-state index in [0.717, 1.165) is 0 Å². The Balaban J connectivity index is 2.75. The minimum atomic E-state index is -0.730. The van der Waals surface area contributed by atoms with E-state index in [1.165, 1.54) is 31.3 Å². The lowest BCUT2D eigenvalue weighted by Crippen LogP contribution is -2.27. The normalized spacial score (nSPS) is 11.2. The summed E-state index contributed by atoms with van der Waals surface area (Å²) in [6, 6.07) is 5.50. The van der Waals surface area contributed by atoms with Crippen LogP contribution >= 0.6 is 0 Å². The lowest BCUT2D eigenvalue weighted by atomic mass is 10.1. The summed E-state index contributed by atoms with van der Waals surface area (Å²) in [7, 11) is 1.36. The summed E-state index contributed by atoms with van der Waals surface area (Å²) in [4.78, 5) is 26.9. The number of hydrogen-bond donors (Lipinski definition) is 0. The molecule has 0 aromatic heterocycles. The molecule has 0 heterocycles. The van der Waals surface area contributed by atoms with Gasteiger partial charge >= 0.3 is 5.97 Å². The number of ether oxygens (including phenoxy) is 1. The summed E-state index contributed by atoms with van der Waals surface area (Å²) in [5.41, 5.74) is 0.396. The molecule has 5 heteroatoms. The zero-order chi connectivity index (χ0) is 13.5. The Kier molecular flexibility index (Phi) is 5.17. The summed E-state index contributed by atoms with van der Waals surface area (Å²) in [5.74, 6) is -1.55. The van der Waals surface area contributed by atoms with Gasteiger partial charge in [-0.3, -0.25) is 9.79 Å².